The summed E-state index contributed by atoms with van der Waals surface area (Å²) in [4.78, 5) is 15.0. The molecule has 0 amide bonds. The van der Waals surface area contributed by atoms with Gasteiger partial charge in [-0.2, -0.15) is 0 Å². The zero-order valence-corrected chi connectivity index (χ0v) is 10.1. The fourth-order valence-electron chi connectivity index (χ4n) is 2.03. The highest BCUT2D eigenvalue weighted by Crippen LogP contribution is 2.18. The molecule has 0 aliphatic rings. The number of carbonyl (C=O) groups is 1. The van der Waals surface area contributed by atoms with Gasteiger partial charge in [-0.3, -0.25) is 4.79 Å². The van der Waals surface area contributed by atoms with E-state index in [1.807, 2.05) is 19.9 Å². The molecule has 17 heavy (non-hydrogen) atoms. The number of fused-ring (bicyclic) bond motifs is 1. The SMILES string of the molecule is Cc1ccc2c(c1)nc(C)n2CCCC(=O)O. The monoisotopic (exact) mass is 232 g/mol. The summed E-state index contributed by atoms with van der Waals surface area (Å²) in [5.41, 5.74) is 3.25. The third-order valence-corrected chi connectivity index (χ3v) is 2.87. The van der Waals surface area contributed by atoms with Crippen LogP contribution in [0.4, 0.5) is 0 Å². The van der Waals surface area contributed by atoms with Crippen molar-refractivity contribution in [3.8, 4) is 0 Å². The Hall–Kier alpha value is -1.84. The number of aryl methyl sites for hydroxylation is 3. The van der Waals surface area contributed by atoms with Crippen LogP contribution in [0.5, 0.6) is 0 Å². The van der Waals surface area contributed by atoms with Crippen LogP contribution in [0.15, 0.2) is 18.2 Å². The van der Waals surface area contributed by atoms with Gasteiger partial charge in [-0.05, 0) is 38.0 Å². The number of nitrogens with zero attached hydrogens (tertiary/aromatic N) is 2. The number of imidazole rings is 1. The molecule has 0 fully saturated rings. The topological polar surface area (TPSA) is 55.1 Å². The van der Waals surface area contributed by atoms with E-state index in [1.165, 1.54) is 5.56 Å². The molecule has 1 heterocycles. The molecule has 0 radical (unpaired) electrons. The van der Waals surface area contributed by atoms with E-state index in [2.05, 4.69) is 21.7 Å². The normalized spacial score (nSPS) is 10.9. The van der Waals surface area contributed by atoms with Crippen LogP contribution in [-0.4, -0.2) is 20.6 Å². The lowest BCUT2D eigenvalue weighted by Gasteiger charge is -2.05. The molecule has 2 aromatic rings. The molecule has 0 saturated carbocycles. The van der Waals surface area contributed by atoms with Gasteiger partial charge >= 0.3 is 5.97 Å². The van der Waals surface area contributed by atoms with Crippen LogP contribution in [0.2, 0.25) is 0 Å². The van der Waals surface area contributed by atoms with E-state index in [0.717, 1.165) is 16.9 Å². The van der Waals surface area contributed by atoms with Gasteiger partial charge in [0.1, 0.15) is 5.82 Å². The third kappa shape index (κ3) is 2.46. The number of hydrogen-bond donors (Lipinski definition) is 1. The Bertz CT molecular complexity index is 558. The molecule has 0 unspecified atom stereocenters. The van der Waals surface area contributed by atoms with E-state index in [-0.39, 0.29) is 6.42 Å². The van der Waals surface area contributed by atoms with Crippen LogP contribution in [0.1, 0.15) is 24.2 Å². The number of aromatic nitrogens is 2. The average Bonchev–Trinajstić information content (AvgIpc) is 2.54. The molecule has 4 heteroatoms. The number of carboxylic acid groups (broad SMARTS) is 1. The smallest absolute Gasteiger partial charge is 0.303 e. The fourth-order valence-corrected chi connectivity index (χ4v) is 2.03. The molecule has 1 N–H and O–H groups in total. The minimum absolute atomic E-state index is 0.199. The molecule has 0 atom stereocenters. The quantitative estimate of drug-likeness (QED) is 0.881. The van der Waals surface area contributed by atoms with Crippen molar-refractivity contribution in [2.24, 2.45) is 0 Å². The largest absolute Gasteiger partial charge is 0.481 e. The number of benzene rings is 1. The molecule has 0 bridgehead atoms. The summed E-state index contributed by atoms with van der Waals surface area (Å²) in [5.74, 6) is 0.193. The van der Waals surface area contributed by atoms with Crippen molar-refractivity contribution >= 4 is 17.0 Å². The van der Waals surface area contributed by atoms with Gasteiger partial charge in [-0.1, -0.05) is 6.07 Å². The van der Waals surface area contributed by atoms with Crippen LogP contribution >= 0.6 is 0 Å². The van der Waals surface area contributed by atoms with E-state index >= 15 is 0 Å². The van der Waals surface area contributed by atoms with Gasteiger partial charge in [0, 0.05) is 13.0 Å². The summed E-state index contributed by atoms with van der Waals surface area (Å²) in [6.45, 7) is 4.70. The van der Waals surface area contributed by atoms with Crippen LogP contribution in [0, 0.1) is 13.8 Å². The van der Waals surface area contributed by atoms with Gasteiger partial charge in [0.25, 0.3) is 0 Å². The number of rotatable bonds is 4. The maximum absolute atomic E-state index is 10.5. The first-order valence-corrected chi connectivity index (χ1v) is 5.73. The lowest BCUT2D eigenvalue weighted by Crippen LogP contribution is -2.03. The highest BCUT2D eigenvalue weighted by atomic mass is 16.4. The summed E-state index contributed by atoms with van der Waals surface area (Å²) < 4.78 is 2.08. The predicted octanol–water partition coefficient (Wildman–Crippen LogP) is 2.52. The van der Waals surface area contributed by atoms with Crippen molar-refractivity contribution in [2.45, 2.75) is 33.2 Å². The van der Waals surface area contributed by atoms with Crippen molar-refractivity contribution < 1.29 is 9.90 Å². The number of carboxylic acids is 1. The Labute approximate surface area is 99.9 Å². The van der Waals surface area contributed by atoms with Crippen molar-refractivity contribution in [1.29, 1.82) is 0 Å². The second-order valence-corrected chi connectivity index (χ2v) is 4.30. The fraction of sp³-hybridized carbons (Fsp3) is 0.385. The minimum Gasteiger partial charge on any atom is -0.481 e. The number of aliphatic carboxylic acids is 1. The van der Waals surface area contributed by atoms with Crippen LogP contribution in [-0.2, 0) is 11.3 Å². The molecular formula is C13H16N2O2. The average molecular weight is 232 g/mol. The molecule has 1 aromatic heterocycles. The Morgan fingerprint density at radius 2 is 2.18 bits per heavy atom. The van der Waals surface area contributed by atoms with E-state index in [9.17, 15) is 4.79 Å². The summed E-state index contributed by atoms with van der Waals surface area (Å²) >= 11 is 0. The van der Waals surface area contributed by atoms with Gasteiger partial charge in [-0.15, -0.1) is 0 Å². The second kappa shape index (κ2) is 4.57. The molecule has 1 aromatic carbocycles. The summed E-state index contributed by atoms with van der Waals surface area (Å²) in [5, 5.41) is 8.64. The Balaban J connectivity index is 2.27. The number of hydrogen-bond acceptors (Lipinski definition) is 2. The lowest BCUT2D eigenvalue weighted by molar-refractivity contribution is -0.137. The van der Waals surface area contributed by atoms with E-state index in [1.54, 1.807) is 0 Å². The highest BCUT2D eigenvalue weighted by molar-refractivity contribution is 5.76. The zero-order valence-electron chi connectivity index (χ0n) is 10.1. The first-order valence-electron chi connectivity index (χ1n) is 5.73. The van der Waals surface area contributed by atoms with Gasteiger partial charge in [0.05, 0.1) is 11.0 Å². The van der Waals surface area contributed by atoms with Gasteiger partial charge in [0.2, 0.25) is 0 Å². The Kier molecular flexibility index (Phi) is 3.13. The summed E-state index contributed by atoms with van der Waals surface area (Å²) in [7, 11) is 0. The second-order valence-electron chi connectivity index (χ2n) is 4.30. The molecule has 0 aliphatic carbocycles. The standard InChI is InChI=1S/C13H16N2O2/c1-9-5-6-12-11(8-9)14-10(2)15(12)7-3-4-13(16)17/h5-6,8H,3-4,7H2,1-2H3,(H,16,17). The first kappa shape index (κ1) is 11.6. The van der Waals surface area contributed by atoms with Gasteiger partial charge in [-0.25, -0.2) is 4.98 Å². The molecule has 0 saturated heterocycles. The van der Waals surface area contributed by atoms with E-state index in [4.69, 9.17) is 5.11 Å². The third-order valence-electron chi connectivity index (χ3n) is 2.87. The minimum atomic E-state index is -0.747. The highest BCUT2D eigenvalue weighted by Gasteiger charge is 2.07. The maximum Gasteiger partial charge on any atom is 0.303 e. The summed E-state index contributed by atoms with van der Waals surface area (Å²) in [6.07, 6.45) is 0.834. The lowest BCUT2D eigenvalue weighted by atomic mass is 10.2. The Morgan fingerprint density at radius 1 is 1.41 bits per heavy atom. The predicted molar refractivity (Wildman–Crippen MR) is 66.1 cm³/mol. The Morgan fingerprint density at radius 3 is 2.88 bits per heavy atom. The molecule has 0 spiro atoms. The van der Waals surface area contributed by atoms with E-state index in [0.29, 0.717) is 13.0 Å². The van der Waals surface area contributed by atoms with Crippen molar-refractivity contribution in [1.82, 2.24) is 9.55 Å². The van der Waals surface area contributed by atoms with Gasteiger partial charge in [0.15, 0.2) is 0 Å². The first-order chi connectivity index (χ1) is 8.08. The van der Waals surface area contributed by atoms with Crippen LogP contribution < -0.4 is 0 Å². The molecular weight excluding hydrogens is 216 g/mol. The van der Waals surface area contributed by atoms with E-state index < -0.39 is 5.97 Å². The van der Waals surface area contributed by atoms with Crippen LogP contribution in [0.3, 0.4) is 0 Å². The summed E-state index contributed by atoms with van der Waals surface area (Å²) in [6, 6.07) is 6.15. The molecule has 2 rings (SSSR count). The van der Waals surface area contributed by atoms with Crippen molar-refractivity contribution in [3.63, 3.8) is 0 Å². The molecule has 90 valence electrons. The zero-order chi connectivity index (χ0) is 12.4. The van der Waals surface area contributed by atoms with Crippen LogP contribution in [0.25, 0.3) is 11.0 Å². The maximum atomic E-state index is 10.5. The molecule has 4 nitrogen and oxygen atoms in total. The van der Waals surface area contributed by atoms with Crippen molar-refractivity contribution in [2.75, 3.05) is 0 Å². The van der Waals surface area contributed by atoms with Gasteiger partial charge < -0.3 is 9.67 Å². The molecule has 0 aliphatic heterocycles. The van der Waals surface area contributed by atoms with Crippen molar-refractivity contribution in [3.05, 3.63) is 29.6 Å².